The van der Waals surface area contributed by atoms with Crippen LogP contribution >= 0.6 is 0 Å². The van der Waals surface area contributed by atoms with E-state index < -0.39 is 0 Å². The van der Waals surface area contributed by atoms with Crippen molar-refractivity contribution in [1.82, 2.24) is 10.2 Å². The summed E-state index contributed by atoms with van der Waals surface area (Å²) in [5.41, 5.74) is 0. The van der Waals surface area contributed by atoms with Crippen LogP contribution in [0.5, 0.6) is 0 Å². The van der Waals surface area contributed by atoms with Gasteiger partial charge in [0.05, 0.1) is 0 Å². The van der Waals surface area contributed by atoms with E-state index in [0.717, 1.165) is 25.9 Å². The van der Waals surface area contributed by atoms with Gasteiger partial charge in [0.15, 0.2) is 0 Å². The van der Waals surface area contributed by atoms with Crippen LogP contribution in [-0.2, 0) is 9.53 Å². The van der Waals surface area contributed by atoms with Crippen molar-refractivity contribution >= 4 is 5.91 Å². The number of nitrogens with zero attached hydrogens (tertiary/aromatic N) is 1. The minimum atomic E-state index is 0.0961. The first kappa shape index (κ1) is 11.5. The first-order chi connectivity index (χ1) is 6.75. The maximum atomic E-state index is 11.6. The second kappa shape index (κ2) is 5.98. The fourth-order valence-electron chi connectivity index (χ4n) is 1.69. The van der Waals surface area contributed by atoms with E-state index in [1.807, 2.05) is 18.9 Å². The molecule has 1 heterocycles. The number of likely N-dealkylation sites (N-methyl/N-ethyl adjacent to an activating group) is 1. The molecular weight excluding hydrogens is 180 g/mol. The summed E-state index contributed by atoms with van der Waals surface area (Å²) in [6.07, 6.45) is 2.10. The topological polar surface area (TPSA) is 41.6 Å². The number of piperidine rings is 1. The SMILES string of the molecule is CCOCC(=O)N(C)C1CCNCC1. The molecule has 0 aromatic heterocycles. The number of amides is 1. The van der Waals surface area contributed by atoms with Crippen LogP contribution in [0.3, 0.4) is 0 Å². The molecule has 1 rings (SSSR count). The van der Waals surface area contributed by atoms with E-state index in [9.17, 15) is 4.79 Å². The molecule has 0 aromatic carbocycles. The highest BCUT2D eigenvalue weighted by Crippen LogP contribution is 2.09. The van der Waals surface area contributed by atoms with Crippen LogP contribution in [-0.4, -0.2) is 50.2 Å². The average Bonchev–Trinajstić information content (AvgIpc) is 2.26. The minimum Gasteiger partial charge on any atom is -0.372 e. The summed E-state index contributed by atoms with van der Waals surface area (Å²) >= 11 is 0. The van der Waals surface area contributed by atoms with Crippen molar-refractivity contribution in [2.45, 2.75) is 25.8 Å². The third-order valence-electron chi connectivity index (χ3n) is 2.68. The van der Waals surface area contributed by atoms with Gasteiger partial charge in [0.2, 0.25) is 5.91 Å². The highest BCUT2D eigenvalue weighted by Gasteiger charge is 2.21. The molecule has 0 spiro atoms. The summed E-state index contributed by atoms with van der Waals surface area (Å²) in [6, 6.07) is 0.393. The Kier molecular flexibility index (Phi) is 4.90. The molecule has 1 aliphatic heterocycles. The highest BCUT2D eigenvalue weighted by molar-refractivity contribution is 5.77. The molecule has 1 aliphatic rings. The quantitative estimate of drug-likeness (QED) is 0.706. The van der Waals surface area contributed by atoms with Gasteiger partial charge in [-0.2, -0.15) is 0 Å². The maximum absolute atomic E-state index is 11.6. The van der Waals surface area contributed by atoms with E-state index in [1.165, 1.54) is 0 Å². The second-order valence-electron chi connectivity index (χ2n) is 3.62. The number of carbonyl (C=O) groups is 1. The van der Waals surface area contributed by atoms with Crippen LogP contribution in [0.4, 0.5) is 0 Å². The average molecular weight is 200 g/mol. The van der Waals surface area contributed by atoms with E-state index in [4.69, 9.17) is 4.74 Å². The Morgan fingerprint density at radius 3 is 2.71 bits per heavy atom. The first-order valence-corrected chi connectivity index (χ1v) is 5.29. The Hall–Kier alpha value is -0.610. The zero-order valence-electron chi connectivity index (χ0n) is 9.08. The number of ether oxygens (including phenoxy) is 1. The van der Waals surface area contributed by atoms with E-state index in [2.05, 4.69) is 5.32 Å². The summed E-state index contributed by atoms with van der Waals surface area (Å²) in [4.78, 5) is 13.4. The van der Waals surface area contributed by atoms with E-state index >= 15 is 0 Å². The van der Waals surface area contributed by atoms with Crippen molar-refractivity contribution < 1.29 is 9.53 Å². The Balaban J connectivity index is 2.30. The minimum absolute atomic E-state index is 0.0961. The van der Waals surface area contributed by atoms with Crippen molar-refractivity contribution in [2.24, 2.45) is 0 Å². The summed E-state index contributed by atoms with van der Waals surface area (Å²) < 4.78 is 5.10. The van der Waals surface area contributed by atoms with Gasteiger partial charge in [-0.25, -0.2) is 0 Å². The molecule has 0 unspecified atom stereocenters. The monoisotopic (exact) mass is 200 g/mol. The largest absolute Gasteiger partial charge is 0.372 e. The molecule has 4 heteroatoms. The maximum Gasteiger partial charge on any atom is 0.248 e. The Morgan fingerprint density at radius 1 is 1.50 bits per heavy atom. The first-order valence-electron chi connectivity index (χ1n) is 5.29. The molecule has 1 fully saturated rings. The Morgan fingerprint density at radius 2 is 2.14 bits per heavy atom. The van der Waals surface area contributed by atoms with Crippen molar-refractivity contribution in [2.75, 3.05) is 33.4 Å². The predicted octanol–water partition coefficient (Wildman–Crippen LogP) is 0.233. The van der Waals surface area contributed by atoms with E-state index in [-0.39, 0.29) is 12.5 Å². The zero-order valence-corrected chi connectivity index (χ0v) is 9.08. The van der Waals surface area contributed by atoms with Crippen LogP contribution in [0.25, 0.3) is 0 Å². The molecule has 0 radical (unpaired) electrons. The molecule has 1 N–H and O–H groups in total. The molecule has 14 heavy (non-hydrogen) atoms. The third-order valence-corrected chi connectivity index (χ3v) is 2.68. The smallest absolute Gasteiger partial charge is 0.248 e. The van der Waals surface area contributed by atoms with Crippen molar-refractivity contribution in [3.8, 4) is 0 Å². The van der Waals surface area contributed by atoms with Gasteiger partial charge >= 0.3 is 0 Å². The normalized spacial score (nSPS) is 18.1. The van der Waals surface area contributed by atoms with Crippen molar-refractivity contribution in [1.29, 1.82) is 0 Å². The summed E-state index contributed by atoms with van der Waals surface area (Å²) in [5, 5.41) is 3.28. The lowest BCUT2D eigenvalue weighted by Gasteiger charge is -2.31. The van der Waals surface area contributed by atoms with E-state index in [1.54, 1.807) is 0 Å². The number of nitrogens with one attached hydrogen (secondary N) is 1. The highest BCUT2D eigenvalue weighted by atomic mass is 16.5. The summed E-state index contributed by atoms with van der Waals surface area (Å²) in [5.74, 6) is 0.0961. The second-order valence-corrected chi connectivity index (χ2v) is 3.62. The van der Waals surface area contributed by atoms with Crippen molar-refractivity contribution in [3.63, 3.8) is 0 Å². The summed E-state index contributed by atoms with van der Waals surface area (Å²) in [6.45, 7) is 4.74. The molecule has 0 atom stereocenters. The number of carbonyl (C=O) groups excluding carboxylic acids is 1. The zero-order chi connectivity index (χ0) is 10.4. The lowest BCUT2D eigenvalue weighted by molar-refractivity contribution is -0.137. The standard InChI is InChI=1S/C10H20N2O2/c1-3-14-8-10(13)12(2)9-4-6-11-7-5-9/h9,11H,3-8H2,1-2H3. The van der Waals surface area contributed by atoms with Gasteiger partial charge in [0.25, 0.3) is 0 Å². The van der Waals surface area contributed by atoms with Gasteiger partial charge in [0.1, 0.15) is 6.61 Å². The molecule has 4 nitrogen and oxygen atoms in total. The fraction of sp³-hybridized carbons (Fsp3) is 0.900. The molecule has 82 valence electrons. The summed E-state index contributed by atoms with van der Waals surface area (Å²) in [7, 11) is 1.87. The van der Waals surface area contributed by atoms with E-state index in [0.29, 0.717) is 12.6 Å². The predicted molar refractivity (Wildman–Crippen MR) is 55.2 cm³/mol. The Bertz CT molecular complexity index is 179. The lowest BCUT2D eigenvalue weighted by atomic mass is 10.1. The van der Waals surface area contributed by atoms with Crippen molar-refractivity contribution in [3.05, 3.63) is 0 Å². The van der Waals surface area contributed by atoms with Crippen LogP contribution in [0.2, 0.25) is 0 Å². The Labute approximate surface area is 85.6 Å². The van der Waals surface area contributed by atoms with Crippen LogP contribution in [0, 0.1) is 0 Å². The molecule has 0 bridgehead atoms. The lowest BCUT2D eigenvalue weighted by Crippen LogP contribution is -2.45. The van der Waals surface area contributed by atoms with Gasteiger partial charge in [-0.3, -0.25) is 4.79 Å². The van der Waals surface area contributed by atoms with Gasteiger partial charge in [-0.15, -0.1) is 0 Å². The molecule has 0 aromatic rings. The molecule has 0 aliphatic carbocycles. The molecule has 1 saturated heterocycles. The number of hydrogen-bond donors (Lipinski definition) is 1. The number of hydrogen-bond acceptors (Lipinski definition) is 3. The van der Waals surface area contributed by atoms with Gasteiger partial charge in [0, 0.05) is 19.7 Å². The number of rotatable bonds is 4. The van der Waals surface area contributed by atoms with Crippen LogP contribution in [0.15, 0.2) is 0 Å². The van der Waals surface area contributed by atoms with Crippen LogP contribution in [0.1, 0.15) is 19.8 Å². The van der Waals surface area contributed by atoms with Crippen LogP contribution < -0.4 is 5.32 Å². The fourth-order valence-corrected chi connectivity index (χ4v) is 1.69. The molecule has 0 saturated carbocycles. The van der Waals surface area contributed by atoms with Gasteiger partial charge in [-0.1, -0.05) is 0 Å². The third kappa shape index (κ3) is 3.27. The molecular formula is C10H20N2O2. The van der Waals surface area contributed by atoms with Gasteiger partial charge in [-0.05, 0) is 32.9 Å². The molecule has 1 amide bonds. The van der Waals surface area contributed by atoms with Gasteiger partial charge < -0.3 is 15.0 Å².